The molecule has 0 aliphatic carbocycles. The molecule has 158 valence electrons. The number of ketones is 1. The van der Waals surface area contributed by atoms with Gasteiger partial charge in [-0.1, -0.05) is 0 Å². The number of benzene rings is 1. The number of rotatable bonds is 7. The number of aromatic nitrogens is 2. The normalized spacial score (nSPS) is 20.5. The molecule has 29 heavy (non-hydrogen) atoms. The van der Waals surface area contributed by atoms with E-state index in [1.54, 1.807) is 4.90 Å². The van der Waals surface area contributed by atoms with Gasteiger partial charge in [0, 0.05) is 43.1 Å². The second kappa shape index (κ2) is 8.48. The number of fused-ring (bicyclic) bond motifs is 1. The van der Waals surface area contributed by atoms with Gasteiger partial charge in [0.15, 0.2) is 5.78 Å². The third-order valence-electron chi connectivity index (χ3n) is 6.34. The maximum absolute atomic E-state index is 13.3. The topological polar surface area (TPSA) is 50.2 Å². The zero-order valence-corrected chi connectivity index (χ0v) is 17.1. The second-order valence-electron chi connectivity index (χ2n) is 8.62. The molecule has 0 amide bonds. The van der Waals surface area contributed by atoms with Gasteiger partial charge >= 0.3 is 0 Å². The fourth-order valence-corrected chi connectivity index (χ4v) is 4.60. The van der Waals surface area contributed by atoms with Crippen LogP contribution >= 0.6 is 0 Å². The highest BCUT2D eigenvalue weighted by molar-refractivity contribution is 6.01. The third-order valence-corrected chi connectivity index (χ3v) is 6.34. The van der Waals surface area contributed by atoms with Crippen LogP contribution < -0.4 is 5.32 Å². The molecule has 2 saturated heterocycles. The van der Waals surface area contributed by atoms with Gasteiger partial charge in [-0.2, -0.15) is 5.10 Å². The monoisotopic (exact) mass is 404 g/mol. The van der Waals surface area contributed by atoms with Crippen molar-refractivity contribution in [3.05, 3.63) is 29.5 Å². The van der Waals surface area contributed by atoms with Crippen LogP contribution in [-0.2, 0) is 6.54 Å². The first-order chi connectivity index (χ1) is 13.9. The summed E-state index contributed by atoms with van der Waals surface area (Å²) in [7, 11) is 0. The second-order valence-corrected chi connectivity index (χ2v) is 8.62. The molecule has 4 rings (SSSR count). The number of nitrogens with one attached hydrogen (secondary N) is 1. The minimum Gasteiger partial charge on any atom is -0.317 e. The summed E-state index contributed by atoms with van der Waals surface area (Å²) in [5.41, 5.74) is 2.62. The number of hydrogen-bond acceptors (Lipinski definition) is 4. The van der Waals surface area contributed by atoms with Crippen LogP contribution in [0, 0.1) is 12.8 Å². The molecule has 2 aliphatic heterocycles. The fourth-order valence-electron chi connectivity index (χ4n) is 4.60. The number of likely N-dealkylation sites (tertiary alicyclic amines) is 1. The smallest absolute Gasteiger partial charge is 0.261 e. The Morgan fingerprint density at radius 1 is 1.31 bits per heavy atom. The fraction of sp³-hybridized carbons (Fsp3) is 0.636. The molecule has 7 heteroatoms. The Labute approximate surface area is 170 Å². The number of carbonyl (C=O) groups excluding carboxylic acids is 1. The van der Waals surface area contributed by atoms with E-state index >= 15 is 0 Å². The number of alkyl halides is 2. The van der Waals surface area contributed by atoms with Gasteiger partial charge in [-0.05, 0) is 69.4 Å². The van der Waals surface area contributed by atoms with Crippen molar-refractivity contribution >= 4 is 16.7 Å². The van der Waals surface area contributed by atoms with Crippen molar-refractivity contribution in [2.75, 3.05) is 32.7 Å². The van der Waals surface area contributed by atoms with Crippen molar-refractivity contribution < 1.29 is 13.6 Å². The number of halogens is 2. The summed E-state index contributed by atoms with van der Waals surface area (Å²) in [4.78, 5) is 14.5. The average Bonchev–Trinajstić information content (AvgIpc) is 3.25. The first kappa shape index (κ1) is 20.4. The molecule has 0 bridgehead atoms. The summed E-state index contributed by atoms with van der Waals surface area (Å²) in [6, 6.07) is 3.79. The molecule has 2 aromatic rings. The van der Waals surface area contributed by atoms with E-state index in [2.05, 4.69) is 11.5 Å². The number of nitrogens with zero attached hydrogens (tertiary/aromatic N) is 3. The van der Waals surface area contributed by atoms with Crippen LogP contribution in [0.1, 0.15) is 48.0 Å². The lowest BCUT2D eigenvalue weighted by Crippen LogP contribution is -2.29. The van der Waals surface area contributed by atoms with Crippen molar-refractivity contribution in [2.24, 2.45) is 5.92 Å². The zero-order valence-electron chi connectivity index (χ0n) is 17.1. The van der Waals surface area contributed by atoms with Crippen LogP contribution in [0.25, 0.3) is 10.9 Å². The Balaban J connectivity index is 1.38. The molecular formula is C22H30F2N4O. The Kier molecular flexibility index (Phi) is 5.97. The summed E-state index contributed by atoms with van der Waals surface area (Å²) in [5, 5.41) is 9.12. The van der Waals surface area contributed by atoms with Gasteiger partial charge in [0.2, 0.25) is 0 Å². The Morgan fingerprint density at radius 2 is 2.10 bits per heavy atom. The summed E-state index contributed by atoms with van der Waals surface area (Å²) in [6.45, 7) is 5.82. The molecule has 0 radical (unpaired) electrons. The van der Waals surface area contributed by atoms with E-state index in [1.807, 2.05) is 23.7 Å². The highest BCUT2D eigenvalue weighted by Gasteiger charge is 2.37. The van der Waals surface area contributed by atoms with Gasteiger partial charge in [-0.3, -0.25) is 14.4 Å². The Hall–Kier alpha value is -1.86. The minimum atomic E-state index is -2.57. The lowest BCUT2D eigenvalue weighted by molar-refractivity contribution is 0.0122. The maximum Gasteiger partial charge on any atom is 0.261 e. The predicted octanol–water partition coefficient (Wildman–Crippen LogP) is 3.65. The van der Waals surface area contributed by atoms with Gasteiger partial charge in [0.05, 0.1) is 12.1 Å². The van der Waals surface area contributed by atoms with Crippen molar-refractivity contribution in [1.29, 1.82) is 0 Å². The van der Waals surface area contributed by atoms with Crippen LogP contribution in [-0.4, -0.2) is 59.1 Å². The van der Waals surface area contributed by atoms with E-state index in [0.29, 0.717) is 31.8 Å². The number of aryl methyl sites for hydroxylation is 1. The van der Waals surface area contributed by atoms with Gasteiger partial charge in [0.25, 0.3) is 5.92 Å². The lowest BCUT2D eigenvalue weighted by Gasteiger charge is -2.22. The first-order valence-electron chi connectivity index (χ1n) is 10.7. The van der Waals surface area contributed by atoms with E-state index in [1.165, 1.54) is 12.8 Å². The van der Waals surface area contributed by atoms with Crippen LogP contribution in [0.5, 0.6) is 0 Å². The minimum absolute atomic E-state index is 0.0713. The molecule has 2 aliphatic rings. The average molecular weight is 405 g/mol. The van der Waals surface area contributed by atoms with Crippen LogP contribution in [0.2, 0.25) is 0 Å². The highest BCUT2D eigenvalue weighted by atomic mass is 19.3. The quantitative estimate of drug-likeness (QED) is 0.716. The zero-order chi connectivity index (χ0) is 20.4. The molecule has 5 nitrogen and oxygen atoms in total. The molecule has 0 atom stereocenters. The van der Waals surface area contributed by atoms with Gasteiger partial charge in [-0.25, -0.2) is 8.78 Å². The standard InChI is InChI=1S/C22H30F2N4O/c1-16-18(21(29)3-2-11-27-12-8-22(23,24)15-27)4-5-20-19(16)14-28(26-20)13-17-6-9-25-10-7-17/h4-5,14,17,25H,2-3,6-13,15H2,1H3. The molecule has 0 saturated carbocycles. The van der Waals surface area contributed by atoms with E-state index in [0.717, 1.165) is 41.7 Å². The van der Waals surface area contributed by atoms with Crippen LogP contribution in [0.15, 0.2) is 18.3 Å². The Bertz CT molecular complexity index is 873. The SMILES string of the molecule is Cc1c(C(=O)CCCN2CCC(F)(F)C2)ccc2nn(CC3CCNCC3)cc12. The maximum atomic E-state index is 13.3. The van der Waals surface area contributed by atoms with Crippen LogP contribution in [0.3, 0.4) is 0 Å². The molecule has 1 aromatic heterocycles. The van der Waals surface area contributed by atoms with Crippen molar-refractivity contribution in [1.82, 2.24) is 20.0 Å². The van der Waals surface area contributed by atoms with E-state index in [9.17, 15) is 13.6 Å². The third kappa shape index (κ3) is 4.83. The summed E-state index contributed by atoms with van der Waals surface area (Å²) < 4.78 is 28.6. The lowest BCUT2D eigenvalue weighted by atomic mass is 9.98. The molecule has 1 N–H and O–H groups in total. The number of Topliss-reactive ketones (excluding diaryl/α,β-unsaturated/α-hetero) is 1. The van der Waals surface area contributed by atoms with Gasteiger partial charge in [0.1, 0.15) is 0 Å². The number of carbonyl (C=O) groups is 1. The van der Waals surface area contributed by atoms with Crippen molar-refractivity contribution in [3.63, 3.8) is 0 Å². The van der Waals surface area contributed by atoms with Crippen molar-refractivity contribution in [2.45, 2.75) is 51.5 Å². The molecule has 2 fully saturated rings. The number of hydrogen-bond donors (Lipinski definition) is 1. The van der Waals surface area contributed by atoms with Gasteiger partial charge < -0.3 is 5.32 Å². The first-order valence-corrected chi connectivity index (χ1v) is 10.7. The van der Waals surface area contributed by atoms with E-state index in [-0.39, 0.29) is 18.7 Å². The molecule has 3 heterocycles. The van der Waals surface area contributed by atoms with Gasteiger partial charge in [-0.15, -0.1) is 0 Å². The number of piperidine rings is 1. The van der Waals surface area contributed by atoms with Crippen LogP contribution in [0.4, 0.5) is 8.78 Å². The molecule has 0 unspecified atom stereocenters. The summed E-state index contributed by atoms with van der Waals surface area (Å²) in [6.07, 6.45) is 5.33. The molecule has 0 spiro atoms. The van der Waals surface area contributed by atoms with E-state index in [4.69, 9.17) is 5.10 Å². The Morgan fingerprint density at radius 3 is 2.83 bits per heavy atom. The summed E-state index contributed by atoms with van der Waals surface area (Å²) >= 11 is 0. The highest BCUT2D eigenvalue weighted by Crippen LogP contribution is 2.27. The molecular weight excluding hydrogens is 374 g/mol. The molecule has 1 aromatic carbocycles. The summed E-state index contributed by atoms with van der Waals surface area (Å²) in [5.74, 6) is -1.84. The largest absolute Gasteiger partial charge is 0.317 e. The van der Waals surface area contributed by atoms with E-state index < -0.39 is 5.92 Å². The predicted molar refractivity (Wildman–Crippen MR) is 110 cm³/mol. The van der Waals surface area contributed by atoms with Crippen molar-refractivity contribution in [3.8, 4) is 0 Å².